The van der Waals surface area contributed by atoms with Crippen LogP contribution in [0.5, 0.6) is 0 Å². The van der Waals surface area contributed by atoms with Gasteiger partial charge < -0.3 is 5.32 Å². The smallest absolute Gasteiger partial charge is 0.251 e. The van der Waals surface area contributed by atoms with Gasteiger partial charge in [0.05, 0.1) is 6.54 Å². The van der Waals surface area contributed by atoms with Crippen molar-refractivity contribution in [3.63, 3.8) is 0 Å². The van der Waals surface area contributed by atoms with Gasteiger partial charge in [0.2, 0.25) is 0 Å². The average molecular weight is 228 g/mol. The second-order valence-corrected chi connectivity index (χ2v) is 3.81. The summed E-state index contributed by atoms with van der Waals surface area (Å²) in [5.41, 5.74) is 1.06. The zero-order valence-electron chi connectivity index (χ0n) is 9.66. The van der Waals surface area contributed by atoms with Crippen molar-refractivity contribution in [3.05, 3.63) is 35.9 Å². The van der Waals surface area contributed by atoms with Crippen molar-refractivity contribution in [3.8, 4) is 0 Å². The number of benzene rings is 1. The van der Waals surface area contributed by atoms with Crippen LogP contribution in [0.25, 0.3) is 0 Å². The second-order valence-electron chi connectivity index (χ2n) is 3.81. The van der Waals surface area contributed by atoms with Crippen LogP contribution < -0.4 is 5.32 Å². The minimum atomic E-state index is -2.30. The number of alkyl halides is 2. The van der Waals surface area contributed by atoms with Crippen LogP contribution >= 0.6 is 0 Å². The predicted molar refractivity (Wildman–Crippen MR) is 61.7 cm³/mol. The SMILES string of the molecule is CNCC(c1ccccc1)N(C)CC(F)F. The first-order chi connectivity index (χ1) is 7.65. The molecular weight excluding hydrogens is 210 g/mol. The van der Waals surface area contributed by atoms with Gasteiger partial charge in [-0.05, 0) is 19.7 Å². The first-order valence-electron chi connectivity index (χ1n) is 5.33. The quantitative estimate of drug-likeness (QED) is 0.802. The highest BCUT2D eigenvalue weighted by Crippen LogP contribution is 2.19. The Kier molecular flexibility index (Phi) is 5.35. The zero-order chi connectivity index (χ0) is 12.0. The molecule has 1 aromatic carbocycles. The summed E-state index contributed by atoms with van der Waals surface area (Å²) in [4.78, 5) is 1.68. The van der Waals surface area contributed by atoms with Crippen molar-refractivity contribution in [2.24, 2.45) is 0 Å². The number of hydrogen-bond donors (Lipinski definition) is 1. The molecule has 16 heavy (non-hydrogen) atoms. The largest absolute Gasteiger partial charge is 0.318 e. The number of rotatable bonds is 6. The molecule has 0 saturated carbocycles. The molecule has 0 saturated heterocycles. The molecular formula is C12H18F2N2. The Morgan fingerprint density at radius 2 is 1.88 bits per heavy atom. The Balaban J connectivity index is 2.74. The van der Waals surface area contributed by atoms with Gasteiger partial charge in [-0.2, -0.15) is 0 Å². The fourth-order valence-electron chi connectivity index (χ4n) is 1.74. The molecule has 1 unspecified atom stereocenters. The van der Waals surface area contributed by atoms with Gasteiger partial charge in [-0.1, -0.05) is 30.3 Å². The zero-order valence-corrected chi connectivity index (χ0v) is 9.66. The molecule has 0 spiro atoms. The molecule has 0 aromatic heterocycles. The second kappa shape index (κ2) is 6.55. The van der Waals surface area contributed by atoms with Crippen molar-refractivity contribution in [2.45, 2.75) is 12.5 Å². The van der Waals surface area contributed by atoms with E-state index in [0.717, 1.165) is 5.56 Å². The third-order valence-electron chi connectivity index (χ3n) is 2.54. The first kappa shape index (κ1) is 13.1. The van der Waals surface area contributed by atoms with E-state index < -0.39 is 6.43 Å². The number of nitrogens with zero attached hydrogens (tertiary/aromatic N) is 1. The fourth-order valence-corrected chi connectivity index (χ4v) is 1.74. The van der Waals surface area contributed by atoms with E-state index in [-0.39, 0.29) is 12.6 Å². The summed E-state index contributed by atoms with van der Waals surface area (Å²) >= 11 is 0. The van der Waals surface area contributed by atoms with E-state index in [1.807, 2.05) is 37.4 Å². The van der Waals surface area contributed by atoms with Crippen LogP contribution in [0.15, 0.2) is 30.3 Å². The summed E-state index contributed by atoms with van der Waals surface area (Å²) in [5, 5.41) is 3.03. The molecule has 1 N–H and O–H groups in total. The van der Waals surface area contributed by atoms with Gasteiger partial charge >= 0.3 is 0 Å². The highest BCUT2D eigenvalue weighted by atomic mass is 19.3. The Morgan fingerprint density at radius 3 is 2.38 bits per heavy atom. The topological polar surface area (TPSA) is 15.3 Å². The van der Waals surface area contributed by atoms with E-state index in [9.17, 15) is 8.78 Å². The third-order valence-corrected chi connectivity index (χ3v) is 2.54. The maximum atomic E-state index is 12.3. The number of halogens is 2. The minimum Gasteiger partial charge on any atom is -0.318 e. The molecule has 1 rings (SSSR count). The predicted octanol–water partition coefficient (Wildman–Crippen LogP) is 2.14. The lowest BCUT2D eigenvalue weighted by Crippen LogP contribution is -2.35. The summed E-state index contributed by atoms with van der Waals surface area (Å²) < 4.78 is 24.7. The summed E-state index contributed by atoms with van der Waals surface area (Å²) in [6.45, 7) is 0.453. The Bertz CT molecular complexity index is 290. The average Bonchev–Trinajstić information content (AvgIpc) is 2.26. The van der Waals surface area contributed by atoms with Gasteiger partial charge in [0.25, 0.3) is 6.43 Å². The maximum Gasteiger partial charge on any atom is 0.251 e. The first-order valence-corrected chi connectivity index (χ1v) is 5.33. The molecule has 0 aliphatic rings. The van der Waals surface area contributed by atoms with E-state index in [2.05, 4.69) is 5.32 Å². The summed E-state index contributed by atoms with van der Waals surface area (Å²) in [6.07, 6.45) is -2.30. The molecule has 0 aliphatic heterocycles. The van der Waals surface area contributed by atoms with Crippen molar-refractivity contribution < 1.29 is 8.78 Å². The number of hydrogen-bond acceptors (Lipinski definition) is 2. The summed E-state index contributed by atoms with van der Waals surface area (Å²) in [5.74, 6) is 0. The highest BCUT2D eigenvalue weighted by Gasteiger charge is 2.18. The van der Waals surface area contributed by atoms with Gasteiger partial charge in [-0.25, -0.2) is 8.78 Å². The maximum absolute atomic E-state index is 12.3. The van der Waals surface area contributed by atoms with Crippen LogP contribution in [0.4, 0.5) is 8.78 Å². The van der Waals surface area contributed by atoms with E-state index in [0.29, 0.717) is 6.54 Å². The molecule has 0 amide bonds. The molecule has 0 bridgehead atoms. The van der Waals surface area contributed by atoms with Crippen LogP contribution in [-0.2, 0) is 0 Å². The molecule has 1 aromatic rings. The molecule has 0 radical (unpaired) electrons. The minimum absolute atomic E-state index is 0.0137. The van der Waals surface area contributed by atoms with Crippen LogP contribution in [0.3, 0.4) is 0 Å². The highest BCUT2D eigenvalue weighted by molar-refractivity contribution is 5.19. The third kappa shape index (κ3) is 3.87. The van der Waals surface area contributed by atoms with E-state index in [1.165, 1.54) is 0 Å². The molecule has 0 aliphatic carbocycles. The lowest BCUT2D eigenvalue weighted by Gasteiger charge is -2.28. The van der Waals surface area contributed by atoms with Gasteiger partial charge in [0, 0.05) is 12.6 Å². The Labute approximate surface area is 95.3 Å². The molecule has 0 heterocycles. The Morgan fingerprint density at radius 1 is 1.25 bits per heavy atom. The van der Waals surface area contributed by atoms with Crippen molar-refractivity contribution >= 4 is 0 Å². The van der Waals surface area contributed by atoms with Gasteiger partial charge in [-0.3, -0.25) is 4.90 Å². The normalized spacial score (nSPS) is 13.4. The molecule has 90 valence electrons. The monoisotopic (exact) mass is 228 g/mol. The summed E-state index contributed by atoms with van der Waals surface area (Å²) in [7, 11) is 3.55. The standard InChI is InChI=1S/C12H18F2N2/c1-15-8-11(16(2)9-12(13)14)10-6-4-3-5-7-10/h3-7,11-12,15H,8-9H2,1-2H3. The van der Waals surface area contributed by atoms with Crippen LogP contribution in [-0.4, -0.2) is 38.5 Å². The lowest BCUT2D eigenvalue weighted by molar-refractivity contribution is 0.0806. The molecule has 0 fully saturated rings. The van der Waals surface area contributed by atoms with E-state index in [4.69, 9.17) is 0 Å². The van der Waals surface area contributed by atoms with E-state index >= 15 is 0 Å². The van der Waals surface area contributed by atoms with Crippen LogP contribution in [0.1, 0.15) is 11.6 Å². The summed E-state index contributed by atoms with van der Waals surface area (Å²) in [6, 6.07) is 9.68. The Hall–Kier alpha value is -1.00. The lowest BCUT2D eigenvalue weighted by atomic mass is 10.1. The van der Waals surface area contributed by atoms with Crippen molar-refractivity contribution in [1.29, 1.82) is 0 Å². The van der Waals surface area contributed by atoms with Gasteiger partial charge in [-0.15, -0.1) is 0 Å². The number of nitrogens with one attached hydrogen (secondary N) is 1. The van der Waals surface area contributed by atoms with Gasteiger partial charge in [0.1, 0.15) is 0 Å². The fraction of sp³-hybridized carbons (Fsp3) is 0.500. The van der Waals surface area contributed by atoms with Crippen LogP contribution in [0, 0.1) is 0 Å². The molecule has 1 atom stereocenters. The van der Waals surface area contributed by atoms with Crippen molar-refractivity contribution in [2.75, 3.05) is 27.2 Å². The van der Waals surface area contributed by atoms with E-state index in [1.54, 1.807) is 11.9 Å². The number of likely N-dealkylation sites (N-methyl/N-ethyl adjacent to an activating group) is 2. The van der Waals surface area contributed by atoms with Crippen molar-refractivity contribution in [1.82, 2.24) is 10.2 Å². The van der Waals surface area contributed by atoms with Crippen LogP contribution in [0.2, 0.25) is 0 Å². The van der Waals surface area contributed by atoms with Gasteiger partial charge in [0.15, 0.2) is 0 Å². The molecule has 4 heteroatoms. The molecule has 2 nitrogen and oxygen atoms in total.